The summed E-state index contributed by atoms with van der Waals surface area (Å²) in [6.07, 6.45) is 3.78. The summed E-state index contributed by atoms with van der Waals surface area (Å²) in [7, 11) is 1.77. The van der Waals surface area contributed by atoms with Crippen LogP contribution in [0.15, 0.2) is 6.33 Å². The van der Waals surface area contributed by atoms with E-state index in [1.165, 1.54) is 6.33 Å². The SMILES string of the molecule is CCNc1ncnc(N(C)CCCCCO)c1[N+](=O)[O-]. The molecule has 0 aromatic carbocycles. The molecule has 1 aromatic heterocycles. The molecule has 0 atom stereocenters. The van der Waals surface area contributed by atoms with Gasteiger partial charge in [0.05, 0.1) is 4.92 Å². The summed E-state index contributed by atoms with van der Waals surface area (Å²) in [4.78, 5) is 20.5. The number of hydrogen-bond donors (Lipinski definition) is 2. The van der Waals surface area contributed by atoms with Crippen LogP contribution in [0.1, 0.15) is 26.2 Å². The van der Waals surface area contributed by atoms with E-state index in [0.717, 1.165) is 19.3 Å². The Bertz CT molecular complexity index is 441. The number of aliphatic hydroxyl groups is 1. The van der Waals surface area contributed by atoms with Crippen molar-refractivity contribution in [2.75, 3.05) is 37.0 Å². The van der Waals surface area contributed by atoms with Gasteiger partial charge >= 0.3 is 5.69 Å². The third kappa shape index (κ3) is 4.30. The molecule has 0 saturated carbocycles. The molecular weight excluding hydrogens is 262 g/mol. The number of rotatable bonds is 9. The highest BCUT2D eigenvalue weighted by Crippen LogP contribution is 2.30. The van der Waals surface area contributed by atoms with Crippen molar-refractivity contribution in [2.45, 2.75) is 26.2 Å². The van der Waals surface area contributed by atoms with Gasteiger partial charge in [-0.2, -0.15) is 0 Å². The summed E-state index contributed by atoms with van der Waals surface area (Å²) < 4.78 is 0. The third-order valence-electron chi connectivity index (χ3n) is 2.84. The first-order valence-electron chi connectivity index (χ1n) is 6.67. The van der Waals surface area contributed by atoms with Gasteiger partial charge < -0.3 is 15.3 Å². The number of anilines is 2. The standard InChI is InChI=1S/C12H21N5O3/c1-3-13-11-10(17(19)20)12(15-9-14-11)16(2)7-5-4-6-8-18/h9,18H,3-8H2,1-2H3,(H,13,14,15). The number of aromatic nitrogens is 2. The lowest BCUT2D eigenvalue weighted by Gasteiger charge is -2.18. The molecule has 8 heteroatoms. The van der Waals surface area contributed by atoms with Gasteiger partial charge in [-0.1, -0.05) is 0 Å². The fourth-order valence-corrected chi connectivity index (χ4v) is 1.86. The van der Waals surface area contributed by atoms with E-state index in [9.17, 15) is 10.1 Å². The average Bonchev–Trinajstić information content (AvgIpc) is 2.43. The van der Waals surface area contributed by atoms with Crippen LogP contribution in [-0.4, -0.2) is 46.7 Å². The molecule has 0 aliphatic carbocycles. The largest absolute Gasteiger partial charge is 0.396 e. The highest BCUT2D eigenvalue weighted by molar-refractivity contribution is 5.69. The van der Waals surface area contributed by atoms with Crippen LogP contribution >= 0.6 is 0 Å². The maximum atomic E-state index is 11.2. The average molecular weight is 283 g/mol. The molecule has 1 heterocycles. The van der Waals surface area contributed by atoms with Crippen molar-refractivity contribution in [3.8, 4) is 0 Å². The van der Waals surface area contributed by atoms with E-state index in [1.54, 1.807) is 11.9 Å². The molecule has 1 rings (SSSR count). The number of hydrogen-bond acceptors (Lipinski definition) is 7. The van der Waals surface area contributed by atoms with E-state index in [2.05, 4.69) is 15.3 Å². The Morgan fingerprint density at radius 3 is 2.75 bits per heavy atom. The third-order valence-corrected chi connectivity index (χ3v) is 2.84. The summed E-state index contributed by atoms with van der Waals surface area (Å²) >= 11 is 0. The topological polar surface area (TPSA) is 104 Å². The molecule has 0 fully saturated rings. The maximum absolute atomic E-state index is 11.2. The van der Waals surface area contributed by atoms with Crippen molar-refractivity contribution >= 4 is 17.3 Å². The molecule has 20 heavy (non-hydrogen) atoms. The second kappa shape index (κ2) is 8.26. The van der Waals surface area contributed by atoms with Gasteiger partial charge in [-0.05, 0) is 26.2 Å². The molecule has 0 aliphatic rings. The molecule has 0 unspecified atom stereocenters. The Balaban J connectivity index is 2.87. The van der Waals surface area contributed by atoms with Gasteiger partial charge in [-0.25, -0.2) is 9.97 Å². The molecule has 0 radical (unpaired) electrons. The first-order valence-corrected chi connectivity index (χ1v) is 6.67. The Morgan fingerprint density at radius 2 is 2.15 bits per heavy atom. The van der Waals surface area contributed by atoms with Crippen molar-refractivity contribution < 1.29 is 10.0 Å². The lowest BCUT2D eigenvalue weighted by Crippen LogP contribution is -2.22. The molecule has 0 amide bonds. The van der Waals surface area contributed by atoms with E-state index in [4.69, 9.17) is 5.11 Å². The van der Waals surface area contributed by atoms with Crippen molar-refractivity contribution in [3.63, 3.8) is 0 Å². The van der Waals surface area contributed by atoms with Crippen LogP contribution < -0.4 is 10.2 Å². The van der Waals surface area contributed by atoms with Crippen LogP contribution in [0.25, 0.3) is 0 Å². The molecule has 0 aliphatic heterocycles. The van der Waals surface area contributed by atoms with Gasteiger partial charge in [0.15, 0.2) is 0 Å². The zero-order valence-corrected chi connectivity index (χ0v) is 11.9. The summed E-state index contributed by atoms with van der Waals surface area (Å²) in [5.41, 5.74) is -0.0981. The van der Waals surface area contributed by atoms with E-state index < -0.39 is 4.92 Å². The molecule has 8 nitrogen and oxygen atoms in total. The summed E-state index contributed by atoms with van der Waals surface area (Å²) in [6, 6.07) is 0. The highest BCUT2D eigenvalue weighted by Gasteiger charge is 2.24. The number of nitrogens with zero attached hydrogens (tertiary/aromatic N) is 4. The second-order valence-corrected chi connectivity index (χ2v) is 4.39. The van der Waals surface area contributed by atoms with Gasteiger partial charge in [-0.15, -0.1) is 0 Å². The smallest absolute Gasteiger partial charge is 0.353 e. The maximum Gasteiger partial charge on any atom is 0.353 e. The van der Waals surface area contributed by atoms with Crippen LogP contribution in [0, 0.1) is 10.1 Å². The molecule has 112 valence electrons. The predicted molar refractivity (Wildman–Crippen MR) is 77.1 cm³/mol. The lowest BCUT2D eigenvalue weighted by atomic mass is 10.2. The summed E-state index contributed by atoms with van der Waals surface area (Å²) in [5.74, 6) is 0.551. The van der Waals surface area contributed by atoms with Crippen LogP contribution in [0.2, 0.25) is 0 Å². The van der Waals surface area contributed by atoms with Gasteiger partial charge in [0.25, 0.3) is 0 Å². The molecular formula is C12H21N5O3. The van der Waals surface area contributed by atoms with Crippen LogP contribution in [0.3, 0.4) is 0 Å². The van der Waals surface area contributed by atoms with Gasteiger partial charge in [0.1, 0.15) is 6.33 Å². The van der Waals surface area contributed by atoms with Gasteiger partial charge in [0, 0.05) is 26.7 Å². The minimum Gasteiger partial charge on any atom is -0.396 e. The quantitative estimate of drug-likeness (QED) is 0.401. The van der Waals surface area contributed by atoms with E-state index in [1.807, 2.05) is 6.92 Å². The molecule has 0 bridgehead atoms. The minimum absolute atomic E-state index is 0.0981. The Labute approximate surface area is 118 Å². The summed E-state index contributed by atoms with van der Waals surface area (Å²) in [5, 5.41) is 22.8. The summed E-state index contributed by atoms with van der Waals surface area (Å²) in [6.45, 7) is 3.22. The molecule has 0 spiro atoms. The number of nitrogens with one attached hydrogen (secondary N) is 1. The fourth-order valence-electron chi connectivity index (χ4n) is 1.86. The second-order valence-electron chi connectivity index (χ2n) is 4.39. The number of nitro groups is 1. The van der Waals surface area contributed by atoms with E-state index >= 15 is 0 Å². The zero-order valence-electron chi connectivity index (χ0n) is 11.9. The monoisotopic (exact) mass is 283 g/mol. The van der Waals surface area contributed by atoms with Gasteiger partial charge in [0.2, 0.25) is 11.6 Å². The van der Waals surface area contributed by atoms with Crippen LogP contribution in [0.4, 0.5) is 17.3 Å². The Morgan fingerprint density at radius 1 is 1.40 bits per heavy atom. The Kier molecular flexibility index (Phi) is 6.65. The first kappa shape index (κ1) is 16.1. The number of unbranched alkanes of at least 4 members (excludes halogenated alkanes) is 2. The van der Waals surface area contributed by atoms with E-state index in [0.29, 0.717) is 18.9 Å². The predicted octanol–water partition coefficient (Wildman–Crippen LogP) is 1.42. The van der Waals surface area contributed by atoms with Gasteiger partial charge in [-0.3, -0.25) is 10.1 Å². The van der Waals surface area contributed by atoms with E-state index in [-0.39, 0.29) is 18.1 Å². The molecule has 2 N–H and O–H groups in total. The van der Waals surface area contributed by atoms with Crippen LogP contribution in [0.5, 0.6) is 0 Å². The minimum atomic E-state index is -0.461. The molecule has 1 aromatic rings. The van der Waals surface area contributed by atoms with Crippen molar-refractivity contribution in [1.29, 1.82) is 0 Å². The highest BCUT2D eigenvalue weighted by atomic mass is 16.6. The normalized spacial score (nSPS) is 10.3. The van der Waals surface area contributed by atoms with Crippen molar-refractivity contribution in [1.82, 2.24) is 9.97 Å². The number of aliphatic hydroxyl groups excluding tert-OH is 1. The first-order chi connectivity index (χ1) is 9.61. The van der Waals surface area contributed by atoms with Crippen molar-refractivity contribution in [2.24, 2.45) is 0 Å². The fraction of sp³-hybridized carbons (Fsp3) is 0.667. The van der Waals surface area contributed by atoms with Crippen molar-refractivity contribution in [3.05, 3.63) is 16.4 Å². The zero-order chi connectivity index (χ0) is 15.0. The van der Waals surface area contributed by atoms with Crippen LogP contribution in [-0.2, 0) is 0 Å². The molecule has 0 saturated heterocycles. The Hall–Kier alpha value is -1.96. The lowest BCUT2D eigenvalue weighted by molar-refractivity contribution is -0.383.